The highest BCUT2D eigenvalue weighted by Gasteiger charge is 2.30. The van der Waals surface area contributed by atoms with Crippen LogP contribution in [0, 0.1) is 5.53 Å². The van der Waals surface area contributed by atoms with Crippen molar-refractivity contribution in [2.45, 2.75) is 51.1 Å². The second-order valence-electron chi connectivity index (χ2n) is 12.1. The van der Waals surface area contributed by atoms with Gasteiger partial charge in [-0.2, -0.15) is 5.11 Å². The van der Waals surface area contributed by atoms with Crippen molar-refractivity contribution in [3.05, 3.63) is 65.2 Å². The van der Waals surface area contributed by atoms with Crippen molar-refractivity contribution >= 4 is 28.3 Å². The summed E-state index contributed by atoms with van der Waals surface area (Å²) >= 11 is 0. The van der Waals surface area contributed by atoms with Crippen LogP contribution in [-0.4, -0.2) is 69.3 Å². The Balaban J connectivity index is 1.42. The molecule has 3 aromatic carbocycles. The minimum absolute atomic E-state index is 0.166. The van der Waals surface area contributed by atoms with E-state index >= 15 is 0 Å². The molecule has 0 spiro atoms. The van der Waals surface area contributed by atoms with Gasteiger partial charge in [0.1, 0.15) is 12.4 Å². The highest BCUT2D eigenvalue weighted by molar-refractivity contribution is 6.04. The van der Waals surface area contributed by atoms with Gasteiger partial charge in [-0.25, -0.2) is 5.53 Å². The van der Waals surface area contributed by atoms with Gasteiger partial charge in [-0.05, 0) is 53.0 Å². The highest BCUT2D eigenvalue weighted by Crippen LogP contribution is 2.38. The minimum atomic E-state index is -1.13. The molecule has 1 aliphatic heterocycles. The summed E-state index contributed by atoms with van der Waals surface area (Å²) in [5, 5.41) is 11.3. The number of fused-ring (bicyclic) bond motifs is 1. The number of benzene rings is 3. The van der Waals surface area contributed by atoms with E-state index in [1.165, 1.54) is 7.11 Å². The molecular formula is C33H41N5O5. The summed E-state index contributed by atoms with van der Waals surface area (Å²) in [6.45, 7) is 10.7. The molecule has 1 heterocycles. The molecule has 228 valence electrons. The lowest BCUT2D eigenvalue weighted by Crippen LogP contribution is -2.38. The molecule has 5 rings (SSSR count). The molecule has 0 aromatic heterocycles. The second-order valence-corrected chi connectivity index (χ2v) is 12.1. The summed E-state index contributed by atoms with van der Waals surface area (Å²) in [6.07, 6.45) is 1.91. The zero-order chi connectivity index (χ0) is 30.6. The molecule has 3 aromatic rings. The Labute approximate surface area is 252 Å². The van der Waals surface area contributed by atoms with Crippen molar-refractivity contribution in [1.29, 1.82) is 5.53 Å². The normalized spacial score (nSPS) is 16.4. The van der Waals surface area contributed by atoms with Crippen molar-refractivity contribution in [2.24, 2.45) is 5.11 Å². The first-order chi connectivity index (χ1) is 20.7. The van der Waals surface area contributed by atoms with E-state index in [-0.39, 0.29) is 23.1 Å². The highest BCUT2D eigenvalue weighted by atomic mass is 16.5. The quantitative estimate of drug-likeness (QED) is 0.256. The number of hydrogen-bond acceptors (Lipinski definition) is 8. The van der Waals surface area contributed by atoms with Crippen molar-refractivity contribution in [1.82, 2.24) is 10.2 Å². The Morgan fingerprint density at radius 3 is 2.47 bits per heavy atom. The molecule has 2 amide bonds. The Morgan fingerprint density at radius 1 is 1.09 bits per heavy atom. The number of morpholine rings is 1. The van der Waals surface area contributed by atoms with E-state index in [9.17, 15) is 9.59 Å². The van der Waals surface area contributed by atoms with Crippen molar-refractivity contribution in [2.75, 3.05) is 51.9 Å². The summed E-state index contributed by atoms with van der Waals surface area (Å²) in [6, 6.07) is 14.0. The fourth-order valence-electron chi connectivity index (χ4n) is 5.27. The predicted molar refractivity (Wildman–Crippen MR) is 165 cm³/mol. The van der Waals surface area contributed by atoms with Gasteiger partial charge in [0.05, 0.1) is 31.6 Å². The van der Waals surface area contributed by atoms with Crippen molar-refractivity contribution in [3.63, 3.8) is 0 Å². The molecule has 10 heteroatoms. The first-order valence-corrected chi connectivity index (χ1v) is 14.8. The van der Waals surface area contributed by atoms with Crippen LogP contribution in [0.3, 0.4) is 0 Å². The third-order valence-corrected chi connectivity index (χ3v) is 7.93. The zero-order valence-corrected chi connectivity index (χ0v) is 25.4. The van der Waals surface area contributed by atoms with Crippen LogP contribution in [0.1, 0.15) is 61.1 Å². The van der Waals surface area contributed by atoms with E-state index in [4.69, 9.17) is 19.7 Å². The number of ether oxygens (including phenoxy) is 3. The molecule has 1 unspecified atom stereocenters. The first-order valence-electron chi connectivity index (χ1n) is 14.8. The van der Waals surface area contributed by atoms with Gasteiger partial charge in [0.2, 0.25) is 0 Å². The molecule has 2 aliphatic rings. The van der Waals surface area contributed by atoms with Crippen LogP contribution in [0.15, 0.2) is 53.6 Å². The number of nitrogens with one attached hydrogen (secondary N) is 3. The molecule has 1 saturated heterocycles. The molecule has 1 saturated carbocycles. The number of anilines is 1. The summed E-state index contributed by atoms with van der Waals surface area (Å²) in [5.41, 5.74) is 9.88. The molecule has 43 heavy (non-hydrogen) atoms. The van der Waals surface area contributed by atoms with E-state index in [0.29, 0.717) is 29.2 Å². The first kappa shape index (κ1) is 30.4. The van der Waals surface area contributed by atoms with E-state index in [0.717, 1.165) is 62.0 Å². The molecule has 3 N–H and O–H groups in total. The van der Waals surface area contributed by atoms with Crippen molar-refractivity contribution < 1.29 is 23.8 Å². The Morgan fingerprint density at radius 2 is 1.81 bits per heavy atom. The Kier molecular flexibility index (Phi) is 9.27. The van der Waals surface area contributed by atoms with Gasteiger partial charge in [0.25, 0.3) is 11.8 Å². The fourth-order valence-corrected chi connectivity index (χ4v) is 5.27. The van der Waals surface area contributed by atoms with Gasteiger partial charge < -0.3 is 24.8 Å². The maximum absolute atomic E-state index is 13.8. The second kappa shape index (κ2) is 13.1. The Hall–Kier alpha value is -4.02. The van der Waals surface area contributed by atoms with Gasteiger partial charge >= 0.3 is 0 Å². The average molecular weight is 588 g/mol. The van der Waals surface area contributed by atoms with Crippen LogP contribution < -0.4 is 20.1 Å². The third kappa shape index (κ3) is 7.14. The SMILES string of the molecule is COc1c(NC(=O)C(N=N)c2ccc(OCCN3CCOCC3)c3ccccc23)cc(C(C)(C)C)cc1C(=O)NC1CC1. The average Bonchev–Trinajstić information content (AvgIpc) is 3.82. The maximum Gasteiger partial charge on any atom is 0.255 e. The lowest BCUT2D eigenvalue weighted by atomic mass is 9.85. The molecule has 2 fully saturated rings. The monoisotopic (exact) mass is 587 g/mol. The van der Waals surface area contributed by atoms with Crippen LogP contribution in [0.25, 0.3) is 10.8 Å². The van der Waals surface area contributed by atoms with Crippen LogP contribution in [0.5, 0.6) is 11.5 Å². The smallest absolute Gasteiger partial charge is 0.255 e. The van der Waals surface area contributed by atoms with Gasteiger partial charge in [-0.15, -0.1) is 0 Å². The Bertz CT molecular complexity index is 1490. The molecule has 0 bridgehead atoms. The fraction of sp³-hybridized carbons (Fsp3) is 0.455. The van der Waals surface area contributed by atoms with Crippen LogP contribution in [0.4, 0.5) is 5.69 Å². The van der Waals surface area contributed by atoms with E-state index in [1.807, 2.05) is 63.2 Å². The molecule has 10 nitrogen and oxygen atoms in total. The summed E-state index contributed by atoms with van der Waals surface area (Å²) in [4.78, 5) is 29.3. The van der Waals surface area contributed by atoms with E-state index in [1.54, 1.807) is 6.07 Å². The minimum Gasteiger partial charge on any atom is -0.494 e. The number of rotatable bonds is 11. The lowest BCUT2D eigenvalue weighted by Gasteiger charge is -2.26. The zero-order valence-electron chi connectivity index (χ0n) is 25.4. The van der Waals surface area contributed by atoms with Gasteiger partial charge in [-0.1, -0.05) is 51.1 Å². The molecule has 1 atom stereocenters. The van der Waals surface area contributed by atoms with Crippen LogP contribution in [0.2, 0.25) is 0 Å². The van der Waals surface area contributed by atoms with Crippen molar-refractivity contribution in [3.8, 4) is 11.5 Å². The van der Waals surface area contributed by atoms with Gasteiger partial charge in [0.15, 0.2) is 11.8 Å². The summed E-state index contributed by atoms with van der Waals surface area (Å²) in [7, 11) is 1.48. The number of hydrogen-bond donors (Lipinski definition) is 3. The maximum atomic E-state index is 13.8. The number of carbonyl (C=O) groups is 2. The number of amides is 2. The van der Waals surface area contributed by atoms with Crippen LogP contribution in [-0.2, 0) is 14.9 Å². The lowest BCUT2D eigenvalue weighted by molar-refractivity contribution is -0.117. The topological polar surface area (TPSA) is 125 Å². The third-order valence-electron chi connectivity index (χ3n) is 7.93. The number of methoxy groups -OCH3 is 1. The molecular weight excluding hydrogens is 546 g/mol. The standard InChI is InChI=1S/C33H41N5O5/c1-33(2,3)21-19-26(31(39)35-22-9-10-22)30(41-4)27(20-21)36-32(40)29(37-34)25-11-12-28(24-8-6-5-7-23(24)25)43-18-15-38-13-16-42-17-14-38/h5-8,11-12,19-20,22,29,34H,9-10,13-18H2,1-4H3,(H,35,39)(H,36,40). The van der Waals surface area contributed by atoms with Gasteiger partial charge in [0, 0.05) is 31.1 Å². The van der Waals surface area contributed by atoms with E-state index in [2.05, 4.69) is 20.6 Å². The van der Waals surface area contributed by atoms with Gasteiger partial charge in [-0.3, -0.25) is 14.5 Å². The number of carbonyl (C=O) groups excluding carboxylic acids is 2. The molecule has 0 radical (unpaired) electrons. The largest absolute Gasteiger partial charge is 0.494 e. The molecule has 1 aliphatic carbocycles. The number of nitrogens with zero attached hydrogens (tertiary/aromatic N) is 2. The predicted octanol–water partition coefficient (Wildman–Crippen LogP) is 5.46. The summed E-state index contributed by atoms with van der Waals surface area (Å²) < 4.78 is 17.3. The van der Waals surface area contributed by atoms with E-state index < -0.39 is 11.9 Å². The summed E-state index contributed by atoms with van der Waals surface area (Å²) in [5.74, 6) is 0.247. The van der Waals surface area contributed by atoms with Crippen LogP contribution >= 0.6 is 0 Å².